The van der Waals surface area contributed by atoms with E-state index in [-0.39, 0.29) is 42.8 Å². The number of piperazine rings is 1. The number of carbonyl (C=O) groups excluding carboxylic acids is 2. The van der Waals surface area contributed by atoms with E-state index in [9.17, 15) is 9.59 Å². The number of likely N-dealkylation sites (tertiary alicyclic amines) is 1. The van der Waals surface area contributed by atoms with E-state index >= 15 is 0 Å². The van der Waals surface area contributed by atoms with Crippen molar-refractivity contribution in [1.29, 1.82) is 0 Å². The van der Waals surface area contributed by atoms with Gasteiger partial charge in [-0.05, 0) is 64.4 Å². The molecule has 3 fully saturated rings. The Bertz CT molecular complexity index is 1450. The molecule has 14 heteroatoms. The first-order valence-electron chi connectivity index (χ1n) is 16.0. The third-order valence-electron chi connectivity index (χ3n) is 8.98. The number of fused-ring (bicyclic) bond motifs is 1. The molecule has 3 aromatic rings. The van der Waals surface area contributed by atoms with Gasteiger partial charge in [0, 0.05) is 64.3 Å². The minimum absolute atomic E-state index is 0. The van der Waals surface area contributed by atoms with Gasteiger partial charge in [0.15, 0.2) is 5.65 Å². The molecule has 0 N–H and O–H groups in total. The van der Waals surface area contributed by atoms with E-state index in [4.69, 9.17) is 4.74 Å². The van der Waals surface area contributed by atoms with Crippen LogP contribution in [0, 0.1) is 5.92 Å². The van der Waals surface area contributed by atoms with E-state index in [0.29, 0.717) is 58.3 Å². The number of likely N-dealkylation sites (N-methyl/N-ethyl adjacent to an activating group) is 1. The number of ether oxygens (including phenoxy) is 1. The second kappa shape index (κ2) is 16.0. The van der Waals surface area contributed by atoms with Gasteiger partial charge in [-0.1, -0.05) is 12.1 Å². The number of hydrogen-bond donors (Lipinski definition) is 0. The standard InChI is InChI=1S/C32H45N9O3.2ClH/c1-4-44-27-7-5-6-24(20-27)22-41-30-28(21-35-41)29(33-23-34-30)37-15-17-39(18-16-37)32(43)38-12-10-26(11-13-38)40(19-14-36(2)3)31(42)25-8-9-25;;/h5-7,20-21,23,25-26H,4,8-19,22H2,1-3H3;2*1H. The summed E-state index contributed by atoms with van der Waals surface area (Å²) in [4.78, 5) is 46.1. The predicted octanol–water partition coefficient (Wildman–Crippen LogP) is 3.62. The maximum Gasteiger partial charge on any atom is 0.320 e. The summed E-state index contributed by atoms with van der Waals surface area (Å²) in [5.41, 5.74) is 1.88. The summed E-state index contributed by atoms with van der Waals surface area (Å²) in [5.74, 6) is 2.23. The van der Waals surface area contributed by atoms with Gasteiger partial charge in [-0.3, -0.25) is 4.79 Å². The molecule has 2 aromatic heterocycles. The minimum atomic E-state index is 0. The van der Waals surface area contributed by atoms with Gasteiger partial charge in [-0.25, -0.2) is 19.4 Å². The van der Waals surface area contributed by atoms with E-state index in [1.54, 1.807) is 6.33 Å². The molecule has 4 heterocycles. The predicted molar refractivity (Wildman–Crippen MR) is 183 cm³/mol. The lowest BCUT2D eigenvalue weighted by Gasteiger charge is -2.42. The fourth-order valence-electron chi connectivity index (χ4n) is 6.35. The zero-order valence-corrected chi connectivity index (χ0v) is 28.7. The average molecular weight is 677 g/mol. The SMILES string of the molecule is CCOc1cccc(Cn2ncc3c(N4CCN(C(=O)N5CCC(N(CCN(C)C)C(=O)C6CC6)CC5)CC4)ncnc32)c1.Cl.Cl. The Morgan fingerprint density at radius 2 is 1.65 bits per heavy atom. The second-order valence-electron chi connectivity index (χ2n) is 12.4. The van der Waals surface area contributed by atoms with Gasteiger partial charge >= 0.3 is 6.03 Å². The first kappa shape index (κ1) is 35.5. The Labute approximate surface area is 283 Å². The number of benzene rings is 1. The van der Waals surface area contributed by atoms with Crippen molar-refractivity contribution in [2.24, 2.45) is 5.92 Å². The zero-order chi connectivity index (χ0) is 30.6. The van der Waals surface area contributed by atoms with Crippen molar-refractivity contribution in [1.82, 2.24) is 39.3 Å². The van der Waals surface area contributed by atoms with Crippen molar-refractivity contribution in [3.8, 4) is 5.75 Å². The summed E-state index contributed by atoms with van der Waals surface area (Å²) in [6.45, 7) is 8.87. The molecule has 3 aliphatic rings. The van der Waals surface area contributed by atoms with Crippen LogP contribution in [0.3, 0.4) is 0 Å². The normalized spacial score (nSPS) is 17.1. The second-order valence-corrected chi connectivity index (χ2v) is 12.4. The fraction of sp³-hybridized carbons (Fsp3) is 0.594. The van der Waals surface area contributed by atoms with E-state index < -0.39 is 0 Å². The van der Waals surface area contributed by atoms with E-state index in [1.165, 1.54) is 0 Å². The number of anilines is 1. The smallest absolute Gasteiger partial charge is 0.320 e. The molecule has 46 heavy (non-hydrogen) atoms. The summed E-state index contributed by atoms with van der Waals surface area (Å²) in [6.07, 6.45) is 7.17. The molecule has 12 nitrogen and oxygen atoms in total. The van der Waals surface area contributed by atoms with Crippen molar-refractivity contribution in [3.63, 3.8) is 0 Å². The lowest BCUT2D eigenvalue weighted by atomic mass is 10.0. The van der Waals surface area contributed by atoms with Crippen molar-refractivity contribution >= 4 is 53.6 Å². The number of carbonyl (C=O) groups is 2. The Kier molecular flexibility index (Phi) is 12.3. The number of urea groups is 1. The van der Waals surface area contributed by atoms with Crippen LogP contribution >= 0.6 is 24.8 Å². The molecule has 3 amide bonds. The molecule has 0 unspecified atom stereocenters. The molecular formula is C32H47Cl2N9O3. The van der Waals surface area contributed by atoms with E-state index in [2.05, 4.69) is 35.8 Å². The monoisotopic (exact) mass is 675 g/mol. The highest BCUT2D eigenvalue weighted by atomic mass is 35.5. The summed E-state index contributed by atoms with van der Waals surface area (Å²) >= 11 is 0. The molecule has 252 valence electrons. The van der Waals surface area contributed by atoms with Gasteiger partial charge in [-0.15, -0.1) is 24.8 Å². The van der Waals surface area contributed by atoms with Crippen LogP contribution in [0.25, 0.3) is 11.0 Å². The first-order chi connectivity index (χ1) is 21.4. The molecule has 1 aliphatic carbocycles. The average Bonchev–Trinajstić information content (AvgIpc) is 3.82. The number of halogens is 2. The number of piperidine rings is 1. The Hall–Kier alpha value is -3.35. The molecule has 0 spiro atoms. The van der Waals surface area contributed by atoms with Gasteiger partial charge in [0.2, 0.25) is 5.91 Å². The van der Waals surface area contributed by atoms with Crippen LogP contribution in [0.15, 0.2) is 36.8 Å². The zero-order valence-electron chi connectivity index (χ0n) is 27.1. The number of nitrogens with zero attached hydrogens (tertiary/aromatic N) is 9. The fourth-order valence-corrected chi connectivity index (χ4v) is 6.35. The van der Waals surface area contributed by atoms with Crippen molar-refractivity contribution in [2.75, 3.05) is 78.0 Å². The van der Waals surface area contributed by atoms with Crippen LogP contribution in [0.1, 0.15) is 38.2 Å². The third-order valence-corrected chi connectivity index (χ3v) is 8.98. The van der Waals surface area contributed by atoms with E-state index in [0.717, 1.165) is 66.9 Å². The highest BCUT2D eigenvalue weighted by molar-refractivity contribution is 5.87. The number of rotatable bonds is 10. The quantitative estimate of drug-likeness (QED) is 0.321. The maximum atomic E-state index is 13.5. The van der Waals surface area contributed by atoms with E-state index in [1.807, 2.05) is 59.9 Å². The molecule has 2 saturated heterocycles. The molecule has 1 aromatic carbocycles. The lowest BCUT2D eigenvalue weighted by Crippen LogP contribution is -2.56. The Morgan fingerprint density at radius 1 is 0.935 bits per heavy atom. The van der Waals surface area contributed by atoms with Gasteiger partial charge in [0.25, 0.3) is 0 Å². The Morgan fingerprint density at radius 3 is 2.33 bits per heavy atom. The Balaban J connectivity index is 0.00000240. The molecule has 0 bridgehead atoms. The highest BCUT2D eigenvalue weighted by Crippen LogP contribution is 2.33. The minimum Gasteiger partial charge on any atom is -0.494 e. The molecule has 0 atom stereocenters. The van der Waals surface area contributed by atoms with Gasteiger partial charge in [0.05, 0.1) is 24.7 Å². The van der Waals surface area contributed by atoms with Crippen LogP contribution < -0.4 is 9.64 Å². The third kappa shape index (κ3) is 8.13. The first-order valence-corrected chi connectivity index (χ1v) is 16.0. The van der Waals surface area contributed by atoms with Gasteiger partial charge < -0.3 is 29.2 Å². The number of amides is 3. The highest BCUT2D eigenvalue weighted by Gasteiger charge is 2.38. The van der Waals surface area contributed by atoms with Crippen molar-refractivity contribution < 1.29 is 14.3 Å². The van der Waals surface area contributed by atoms with Crippen molar-refractivity contribution in [3.05, 3.63) is 42.4 Å². The molecular weight excluding hydrogens is 629 g/mol. The molecule has 1 saturated carbocycles. The van der Waals surface area contributed by atoms with Crippen LogP contribution in [-0.2, 0) is 11.3 Å². The number of aromatic nitrogens is 4. The van der Waals surface area contributed by atoms with Crippen LogP contribution in [-0.4, -0.2) is 130 Å². The summed E-state index contributed by atoms with van der Waals surface area (Å²) < 4.78 is 7.55. The molecule has 6 rings (SSSR count). The largest absolute Gasteiger partial charge is 0.494 e. The summed E-state index contributed by atoms with van der Waals surface area (Å²) in [5, 5.41) is 5.55. The van der Waals surface area contributed by atoms with Crippen LogP contribution in [0.4, 0.5) is 10.6 Å². The number of hydrogen-bond acceptors (Lipinski definition) is 8. The maximum absolute atomic E-state index is 13.5. The topological polar surface area (TPSA) is 103 Å². The van der Waals surface area contributed by atoms with Crippen LogP contribution in [0.2, 0.25) is 0 Å². The van der Waals surface area contributed by atoms with Crippen molar-refractivity contribution in [2.45, 2.75) is 45.2 Å². The lowest BCUT2D eigenvalue weighted by molar-refractivity contribution is -0.136. The molecule has 0 radical (unpaired) electrons. The summed E-state index contributed by atoms with van der Waals surface area (Å²) in [7, 11) is 4.09. The van der Waals surface area contributed by atoms with Gasteiger partial charge in [-0.2, -0.15) is 5.10 Å². The van der Waals surface area contributed by atoms with Gasteiger partial charge in [0.1, 0.15) is 17.9 Å². The molecule has 2 aliphatic heterocycles. The van der Waals surface area contributed by atoms with Crippen LogP contribution in [0.5, 0.6) is 5.75 Å². The summed E-state index contributed by atoms with van der Waals surface area (Å²) in [6, 6.07) is 8.37.